The molecule has 4 nitrogen and oxygen atoms in total. The molecule has 0 amide bonds. The van der Waals surface area contributed by atoms with Crippen molar-refractivity contribution in [2.24, 2.45) is 0 Å². The van der Waals surface area contributed by atoms with Crippen molar-refractivity contribution in [2.75, 3.05) is 13.7 Å². The van der Waals surface area contributed by atoms with E-state index >= 15 is 0 Å². The Kier molecular flexibility index (Phi) is 4.62. The maximum Gasteiger partial charge on any atom is 0.341 e. The third kappa shape index (κ3) is 2.82. The van der Waals surface area contributed by atoms with Crippen LogP contribution in [0.1, 0.15) is 29.3 Å². The Hall–Kier alpha value is -1.43. The highest BCUT2D eigenvalue weighted by Crippen LogP contribution is 2.35. The highest BCUT2D eigenvalue weighted by atomic mass is 35.5. The van der Waals surface area contributed by atoms with Crippen LogP contribution < -0.4 is 4.74 Å². The predicted molar refractivity (Wildman–Crippen MR) is 56.7 cm³/mol. The Labute approximate surface area is 101 Å². The Morgan fingerprint density at radius 1 is 1.59 bits per heavy atom. The van der Waals surface area contributed by atoms with E-state index in [0.29, 0.717) is 0 Å². The number of carbonyl (C=O) groups is 1. The van der Waals surface area contributed by atoms with Crippen LogP contribution in [0.25, 0.3) is 0 Å². The lowest BCUT2D eigenvalue weighted by Gasteiger charge is -2.11. The van der Waals surface area contributed by atoms with Crippen molar-refractivity contribution < 1.29 is 23.0 Å². The molecule has 0 spiro atoms. The molecule has 0 radical (unpaired) electrons. The Morgan fingerprint density at radius 2 is 2.24 bits per heavy atom. The van der Waals surface area contributed by atoms with Crippen LogP contribution >= 0.6 is 11.6 Å². The molecule has 1 aromatic heterocycles. The van der Waals surface area contributed by atoms with Crippen LogP contribution in [-0.4, -0.2) is 24.7 Å². The van der Waals surface area contributed by atoms with Gasteiger partial charge < -0.3 is 9.47 Å². The minimum Gasteiger partial charge on any atom is -0.481 e. The van der Waals surface area contributed by atoms with Crippen LogP contribution in [-0.2, 0) is 4.74 Å². The van der Waals surface area contributed by atoms with Gasteiger partial charge in [0.2, 0.25) is 5.88 Å². The van der Waals surface area contributed by atoms with Gasteiger partial charge in [0.1, 0.15) is 0 Å². The molecule has 94 valence electrons. The fourth-order valence-corrected chi connectivity index (χ4v) is 1.48. The highest BCUT2D eigenvalue weighted by Gasteiger charge is 2.25. The van der Waals surface area contributed by atoms with E-state index in [1.807, 2.05) is 0 Å². The number of halogens is 3. The molecule has 1 aromatic rings. The molecule has 0 saturated carbocycles. The van der Waals surface area contributed by atoms with Gasteiger partial charge in [-0.2, -0.15) is 0 Å². The molecule has 0 N–H and O–H groups in total. The van der Waals surface area contributed by atoms with E-state index in [9.17, 15) is 13.6 Å². The van der Waals surface area contributed by atoms with Crippen molar-refractivity contribution in [3.8, 4) is 5.88 Å². The van der Waals surface area contributed by atoms with Gasteiger partial charge in [0.15, 0.2) is 0 Å². The second-order valence-corrected chi connectivity index (χ2v) is 3.31. The molecular formula is C10H10ClF2NO3. The first-order valence-electron chi connectivity index (χ1n) is 4.70. The maximum atomic E-state index is 12.7. The van der Waals surface area contributed by atoms with Gasteiger partial charge >= 0.3 is 5.97 Å². The summed E-state index contributed by atoms with van der Waals surface area (Å²) in [6, 6.07) is 0. The number of alkyl halides is 2. The first-order chi connectivity index (χ1) is 8.02. The number of ether oxygens (including phenoxy) is 2. The molecule has 0 bridgehead atoms. The first kappa shape index (κ1) is 13.6. The van der Waals surface area contributed by atoms with Crippen molar-refractivity contribution in [2.45, 2.75) is 13.3 Å². The summed E-state index contributed by atoms with van der Waals surface area (Å²) in [7, 11) is 1.19. The Balaban J connectivity index is 3.27. The molecule has 0 aromatic carbocycles. The van der Waals surface area contributed by atoms with Crippen molar-refractivity contribution in [1.82, 2.24) is 4.98 Å². The number of esters is 1. The fraction of sp³-hybridized carbons (Fsp3) is 0.400. The number of methoxy groups -OCH3 is 1. The summed E-state index contributed by atoms with van der Waals surface area (Å²) >= 11 is 5.72. The average Bonchev–Trinajstić information content (AvgIpc) is 2.27. The summed E-state index contributed by atoms with van der Waals surface area (Å²) in [5.41, 5.74) is -0.815. The number of pyridine rings is 1. The van der Waals surface area contributed by atoms with E-state index in [1.165, 1.54) is 7.11 Å². The number of carbonyl (C=O) groups excluding carboxylic acids is 1. The van der Waals surface area contributed by atoms with E-state index < -0.39 is 23.0 Å². The second kappa shape index (κ2) is 5.77. The molecule has 0 fully saturated rings. The van der Waals surface area contributed by atoms with Crippen LogP contribution in [0.15, 0.2) is 6.20 Å². The van der Waals surface area contributed by atoms with Gasteiger partial charge in [0.05, 0.1) is 29.9 Å². The van der Waals surface area contributed by atoms with E-state index in [-0.39, 0.29) is 18.1 Å². The van der Waals surface area contributed by atoms with E-state index in [2.05, 4.69) is 14.5 Å². The quantitative estimate of drug-likeness (QED) is 0.786. The monoisotopic (exact) mass is 265 g/mol. The third-order valence-electron chi connectivity index (χ3n) is 1.92. The number of rotatable bonds is 4. The topological polar surface area (TPSA) is 48.4 Å². The Morgan fingerprint density at radius 3 is 2.71 bits per heavy atom. The number of nitrogens with zero attached hydrogens (tertiary/aromatic N) is 1. The molecule has 1 heterocycles. The van der Waals surface area contributed by atoms with Crippen molar-refractivity contribution >= 4 is 17.6 Å². The van der Waals surface area contributed by atoms with Crippen LogP contribution in [0.2, 0.25) is 5.02 Å². The summed E-state index contributed by atoms with van der Waals surface area (Å²) in [5.74, 6) is -1.10. The molecule has 7 heteroatoms. The van der Waals surface area contributed by atoms with E-state index in [0.717, 1.165) is 6.20 Å². The number of aromatic nitrogens is 1. The molecule has 0 atom stereocenters. The third-order valence-corrected chi connectivity index (χ3v) is 2.33. The van der Waals surface area contributed by atoms with Gasteiger partial charge in [0.25, 0.3) is 6.43 Å². The molecule has 0 unspecified atom stereocenters. The molecule has 1 rings (SSSR count). The maximum absolute atomic E-state index is 12.7. The molecule has 0 aliphatic carbocycles. The first-order valence-corrected chi connectivity index (χ1v) is 5.08. The molecule has 0 saturated heterocycles. The van der Waals surface area contributed by atoms with E-state index in [4.69, 9.17) is 11.6 Å². The molecular weight excluding hydrogens is 256 g/mol. The zero-order valence-corrected chi connectivity index (χ0v) is 9.92. The molecule has 0 aliphatic heterocycles. The lowest BCUT2D eigenvalue weighted by Crippen LogP contribution is -2.09. The van der Waals surface area contributed by atoms with Crippen LogP contribution in [0, 0.1) is 0 Å². The predicted octanol–water partition coefficient (Wildman–Crippen LogP) is 2.86. The van der Waals surface area contributed by atoms with Gasteiger partial charge in [-0.25, -0.2) is 18.6 Å². The van der Waals surface area contributed by atoms with Gasteiger partial charge in [-0.3, -0.25) is 0 Å². The summed E-state index contributed by atoms with van der Waals surface area (Å²) in [6.07, 6.45) is -1.84. The molecule has 17 heavy (non-hydrogen) atoms. The minimum atomic E-state index is -2.89. The number of hydrogen-bond acceptors (Lipinski definition) is 4. The van der Waals surface area contributed by atoms with Crippen LogP contribution in [0.4, 0.5) is 8.78 Å². The highest BCUT2D eigenvalue weighted by molar-refractivity contribution is 6.34. The standard InChI is InChI=1S/C10H10ClF2NO3/c1-3-17-10(15)5-4-14-9(16-2)6(7(5)11)8(12)13/h4,8H,3H2,1-2H3. The Bertz CT molecular complexity index is 426. The van der Waals surface area contributed by atoms with Gasteiger partial charge in [-0.05, 0) is 6.92 Å². The fourth-order valence-electron chi connectivity index (χ4n) is 1.19. The van der Waals surface area contributed by atoms with Crippen molar-refractivity contribution in [1.29, 1.82) is 0 Å². The average molecular weight is 266 g/mol. The minimum absolute atomic E-state index is 0.116. The lowest BCUT2D eigenvalue weighted by atomic mass is 10.2. The smallest absolute Gasteiger partial charge is 0.341 e. The lowest BCUT2D eigenvalue weighted by molar-refractivity contribution is 0.0525. The number of hydrogen-bond donors (Lipinski definition) is 0. The van der Waals surface area contributed by atoms with Gasteiger partial charge in [-0.15, -0.1) is 0 Å². The van der Waals surface area contributed by atoms with Crippen molar-refractivity contribution in [3.05, 3.63) is 22.3 Å². The van der Waals surface area contributed by atoms with Gasteiger partial charge in [0, 0.05) is 6.20 Å². The van der Waals surface area contributed by atoms with Crippen LogP contribution in [0.3, 0.4) is 0 Å². The van der Waals surface area contributed by atoms with Gasteiger partial charge in [-0.1, -0.05) is 11.6 Å². The zero-order chi connectivity index (χ0) is 13.0. The zero-order valence-electron chi connectivity index (χ0n) is 9.17. The second-order valence-electron chi connectivity index (χ2n) is 2.93. The summed E-state index contributed by atoms with van der Waals surface area (Å²) < 4.78 is 34.8. The molecule has 0 aliphatic rings. The van der Waals surface area contributed by atoms with Crippen molar-refractivity contribution in [3.63, 3.8) is 0 Å². The summed E-state index contributed by atoms with van der Waals surface area (Å²) in [5, 5.41) is -0.398. The van der Waals surface area contributed by atoms with E-state index in [1.54, 1.807) is 6.92 Å². The normalized spacial score (nSPS) is 10.5. The summed E-state index contributed by atoms with van der Waals surface area (Å²) in [6.45, 7) is 1.71. The largest absolute Gasteiger partial charge is 0.481 e. The summed E-state index contributed by atoms with van der Waals surface area (Å²) in [4.78, 5) is 15.0. The SMILES string of the molecule is CCOC(=O)c1cnc(OC)c(C(F)F)c1Cl. The van der Waals surface area contributed by atoms with Crippen LogP contribution in [0.5, 0.6) is 5.88 Å².